The van der Waals surface area contributed by atoms with Gasteiger partial charge in [0.2, 0.25) is 5.91 Å². The van der Waals surface area contributed by atoms with E-state index in [4.69, 9.17) is 5.73 Å². The molecule has 0 saturated carbocycles. The highest BCUT2D eigenvalue weighted by Crippen LogP contribution is 2.23. The molecule has 1 heterocycles. The number of halogens is 1. The molecule has 2 aromatic carbocycles. The van der Waals surface area contributed by atoms with Crippen LogP contribution in [0.3, 0.4) is 0 Å². The van der Waals surface area contributed by atoms with Gasteiger partial charge in [-0.05, 0) is 50.1 Å². The van der Waals surface area contributed by atoms with Gasteiger partial charge in [-0.15, -0.1) is 0 Å². The topological polar surface area (TPSA) is 87.8 Å². The molecule has 29 heavy (non-hydrogen) atoms. The largest absolute Gasteiger partial charge is 0.369 e. The third kappa shape index (κ3) is 4.99. The molecule has 0 aromatic heterocycles. The number of rotatable bonds is 5. The molecule has 0 bridgehead atoms. The maximum Gasteiger partial charge on any atom is 0.251 e. The minimum Gasteiger partial charge on any atom is -0.369 e. The number of benzene rings is 2. The summed E-state index contributed by atoms with van der Waals surface area (Å²) in [5.74, 6) is -1.04. The summed E-state index contributed by atoms with van der Waals surface area (Å²) < 4.78 is 14.2. The number of nitrogens with two attached hydrogens (primary N) is 1. The zero-order valence-electron chi connectivity index (χ0n) is 16.8. The van der Waals surface area contributed by atoms with E-state index < -0.39 is 17.3 Å². The molecular weight excluding hydrogens is 371 g/mol. The van der Waals surface area contributed by atoms with Crippen LogP contribution < -0.4 is 11.1 Å². The Bertz CT molecular complexity index is 957. The van der Waals surface area contributed by atoms with E-state index in [1.54, 1.807) is 6.07 Å². The minimum absolute atomic E-state index is 0.0521. The number of aliphatic imine (C=N–C) groups is 1. The maximum atomic E-state index is 14.2. The summed E-state index contributed by atoms with van der Waals surface area (Å²) in [6, 6.07) is 13.3. The second-order valence-corrected chi connectivity index (χ2v) is 7.89. The monoisotopic (exact) mass is 396 g/mol. The van der Waals surface area contributed by atoms with Gasteiger partial charge in [0.15, 0.2) is 5.96 Å². The Kier molecular flexibility index (Phi) is 5.68. The molecule has 152 valence electrons. The lowest BCUT2D eigenvalue weighted by molar-refractivity contribution is -0.129. The van der Waals surface area contributed by atoms with Crippen LogP contribution >= 0.6 is 0 Å². The average Bonchev–Trinajstić information content (AvgIpc) is 2.64. The predicted octanol–water partition coefficient (Wildman–Crippen LogP) is 3.14. The minimum atomic E-state index is -0.557. The second-order valence-electron chi connectivity index (χ2n) is 7.89. The fourth-order valence-electron chi connectivity index (χ4n) is 3.33. The standard InChI is InChI=1S/C22H25FN4O2/c1-14(16-7-5-4-6-8-16)25-20(29)17-9-15(10-18(23)11-17)13-27-19(28)12-22(2,3)26-21(27)24/h4-11,14H,12-13H2,1-3H3,(H2,24,26)(H,25,29). The quantitative estimate of drug-likeness (QED) is 0.814. The van der Waals surface area contributed by atoms with Gasteiger partial charge in [0.05, 0.1) is 24.5 Å². The fourth-order valence-corrected chi connectivity index (χ4v) is 3.33. The normalized spacial score (nSPS) is 16.9. The third-order valence-electron chi connectivity index (χ3n) is 4.79. The fraction of sp³-hybridized carbons (Fsp3) is 0.318. The summed E-state index contributed by atoms with van der Waals surface area (Å²) in [5, 5.41) is 2.86. The summed E-state index contributed by atoms with van der Waals surface area (Å²) in [5.41, 5.74) is 6.98. The lowest BCUT2D eigenvalue weighted by atomic mass is 9.98. The first-order valence-corrected chi connectivity index (χ1v) is 9.45. The van der Waals surface area contributed by atoms with Gasteiger partial charge in [0.1, 0.15) is 5.82 Å². The predicted molar refractivity (Wildman–Crippen MR) is 110 cm³/mol. The molecule has 0 spiro atoms. The van der Waals surface area contributed by atoms with Crippen molar-refractivity contribution in [2.75, 3.05) is 0 Å². The van der Waals surface area contributed by atoms with Gasteiger partial charge < -0.3 is 11.1 Å². The van der Waals surface area contributed by atoms with Crippen molar-refractivity contribution in [1.29, 1.82) is 0 Å². The molecule has 2 aromatic rings. The number of hydrogen-bond donors (Lipinski definition) is 2. The Labute approximate surface area is 169 Å². The number of carbonyl (C=O) groups excluding carboxylic acids is 2. The lowest BCUT2D eigenvalue weighted by Crippen LogP contribution is -2.49. The van der Waals surface area contributed by atoms with Crippen LogP contribution in [0.4, 0.5) is 4.39 Å². The Morgan fingerprint density at radius 1 is 1.28 bits per heavy atom. The number of nitrogens with zero attached hydrogens (tertiary/aromatic N) is 2. The molecular formula is C22H25FN4O2. The van der Waals surface area contributed by atoms with Crippen LogP contribution in [0.5, 0.6) is 0 Å². The number of carbonyl (C=O) groups is 2. The van der Waals surface area contributed by atoms with Crippen LogP contribution in [-0.4, -0.2) is 28.2 Å². The first-order valence-electron chi connectivity index (χ1n) is 9.45. The smallest absolute Gasteiger partial charge is 0.251 e. The molecule has 1 aliphatic heterocycles. The first-order chi connectivity index (χ1) is 13.6. The zero-order valence-corrected chi connectivity index (χ0v) is 16.8. The molecule has 3 rings (SSSR count). The summed E-state index contributed by atoms with van der Waals surface area (Å²) in [7, 11) is 0. The van der Waals surface area contributed by atoms with Crippen molar-refractivity contribution in [1.82, 2.24) is 10.2 Å². The Hall–Kier alpha value is -3.22. The summed E-state index contributed by atoms with van der Waals surface area (Å²) in [4.78, 5) is 30.7. The molecule has 7 heteroatoms. The Balaban J connectivity index is 1.78. The van der Waals surface area contributed by atoms with Crippen molar-refractivity contribution in [3.05, 3.63) is 71.0 Å². The van der Waals surface area contributed by atoms with Gasteiger partial charge in [0, 0.05) is 5.56 Å². The molecule has 0 radical (unpaired) electrons. The molecule has 1 atom stereocenters. The number of nitrogens with one attached hydrogen (secondary N) is 1. The van der Waals surface area contributed by atoms with E-state index >= 15 is 0 Å². The Morgan fingerprint density at radius 3 is 2.62 bits per heavy atom. The van der Waals surface area contributed by atoms with Crippen LogP contribution in [0.2, 0.25) is 0 Å². The van der Waals surface area contributed by atoms with Crippen LogP contribution in [-0.2, 0) is 11.3 Å². The van der Waals surface area contributed by atoms with Crippen molar-refractivity contribution < 1.29 is 14.0 Å². The maximum absolute atomic E-state index is 14.2. The van der Waals surface area contributed by atoms with Crippen molar-refractivity contribution in [2.24, 2.45) is 10.7 Å². The van der Waals surface area contributed by atoms with Crippen LogP contribution in [0, 0.1) is 5.82 Å². The lowest BCUT2D eigenvalue weighted by Gasteiger charge is -2.32. The highest BCUT2D eigenvalue weighted by atomic mass is 19.1. The number of amides is 2. The van der Waals surface area contributed by atoms with Gasteiger partial charge in [0.25, 0.3) is 5.91 Å². The van der Waals surface area contributed by atoms with Crippen molar-refractivity contribution in [3.63, 3.8) is 0 Å². The molecule has 1 unspecified atom stereocenters. The van der Waals surface area contributed by atoms with E-state index in [2.05, 4.69) is 10.3 Å². The summed E-state index contributed by atoms with van der Waals surface area (Å²) >= 11 is 0. The number of guanidine groups is 1. The van der Waals surface area contributed by atoms with Crippen LogP contribution in [0.15, 0.2) is 53.5 Å². The van der Waals surface area contributed by atoms with E-state index in [1.165, 1.54) is 17.0 Å². The molecule has 3 N–H and O–H groups in total. The van der Waals surface area contributed by atoms with Crippen molar-refractivity contribution in [3.8, 4) is 0 Å². The van der Waals surface area contributed by atoms with Crippen molar-refractivity contribution >= 4 is 17.8 Å². The summed E-state index contributed by atoms with van der Waals surface area (Å²) in [6.45, 7) is 5.57. The average molecular weight is 396 g/mol. The van der Waals surface area contributed by atoms with Crippen LogP contribution in [0.25, 0.3) is 0 Å². The van der Waals surface area contributed by atoms with Crippen molar-refractivity contribution in [2.45, 2.75) is 45.3 Å². The van der Waals surface area contributed by atoms with E-state index in [0.29, 0.717) is 5.56 Å². The van der Waals surface area contributed by atoms with Gasteiger partial charge in [-0.3, -0.25) is 14.5 Å². The van der Waals surface area contributed by atoms with Gasteiger partial charge in [-0.2, -0.15) is 0 Å². The Morgan fingerprint density at radius 2 is 1.97 bits per heavy atom. The SMILES string of the molecule is CC(NC(=O)c1cc(F)cc(CN2C(=O)CC(C)(C)N=C2N)c1)c1ccccc1. The molecule has 1 aliphatic rings. The highest BCUT2D eigenvalue weighted by Gasteiger charge is 2.32. The van der Waals surface area contributed by atoms with Gasteiger partial charge in [-0.25, -0.2) is 9.38 Å². The number of hydrogen-bond acceptors (Lipinski definition) is 4. The van der Waals surface area contributed by atoms with Gasteiger partial charge >= 0.3 is 0 Å². The van der Waals surface area contributed by atoms with E-state index in [9.17, 15) is 14.0 Å². The van der Waals surface area contributed by atoms with E-state index in [1.807, 2.05) is 51.1 Å². The molecule has 0 aliphatic carbocycles. The first kappa shape index (κ1) is 20.5. The van der Waals surface area contributed by atoms with E-state index in [-0.39, 0.29) is 36.4 Å². The zero-order chi connectivity index (χ0) is 21.2. The molecule has 6 nitrogen and oxygen atoms in total. The highest BCUT2D eigenvalue weighted by molar-refractivity contribution is 5.99. The molecule has 2 amide bonds. The van der Waals surface area contributed by atoms with Gasteiger partial charge in [-0.1, -0.05) is 30.3 Å². The second kappa shape index (κ2) is 8.03. The van der Waals surface area contributed by atoms with E-state index in [0.717, 1.165) is 5.56 Å². The molecule has 0 fully saturated rings. The third-order valence-corrected chi connectivity index (χ3v) is 4.79. The van der Waals surface area contributed by atoms with Crippen LogP contribution in [0.1, 0.15) is 54.7 Å². The molecule has 0 saturated heterocycles. The summed E-state index contributed by atoms with van der Waals surface area (Å²) in [6.07, 6.45) is 0.213.